The molecule has 0 aliphatic carbocycles. The Morgan fingerprint density at radius 1 is 1.38 bits per heavy atom. The molecule has 0 unspecified atom stereocenters. The Balaban J connectivity index is 1.66. The summed E-state index contributed by atoms with van der Waals surface area (Å²) in [6, 6.07) is 9.19. The first-order valence-corrected chi connectivity index (χ1v) is 10.0. The second-order valence-electron chi connectivity index (χ2n) is 6.54. The smallest absolute Gasteiger partial charge is 0.258 e. The molecule has 1 aliphatic heterocycles. The van der Waals surface area contributed by atoms with Crippen LogP contribution in [0, 0.1) is 0 Å². The number of benzene rings is 1. The number of hydrogen-bond donors (Lipinski definition) is 1. The summed E-state index contributed by atoms with van der Waals surface area (Å²) in [5.74, 6) is -0.355. The van der Waals surface area contributed by atoms with E-state index >= 15 is 0 Å². The summed E-state index contributed by atoms with van der Waals surface area (Å²) in [4.78, 5) is 35.6. The standard InChI is InChI=1S/C20H20N4O4S/c1-27-12-18(25)24-7-8-28-17(11-24)16-10-14(13-4-2-3-5-15(13)22-16)19(26)23-20-21-6-9-29-20/h2-6,9-10,17H,7-8,11-12H2,1H3,(H,21,23,26)/t17-/m0/s1. The Bertz CT molecular complexity index is 1020. The number of carbonyl (C=O) groups excluding carboxylic acids is 2. The van der Waals surface area contributed by atoms with Crippen molar-refractivity contribution in [2.45, 2.75) is 6.10 Å². The molecule has 150 valence electrons. The molecule has 1 saturated heterocycles. The Kier molecular flexibility index (Phi) is 5.79. The number of rotatable bonds is 5. The Labute approximate surface area is 171 Å². The van der Waals surface area contributed by atoms with E-state index in [1.165, 1.54) is 18.4 Å². The average Bonchev–Trinajstić information content (AvgIpc) is 3.26. The quantitative estimate of drug-likeness (QED) is 0.692. The van der Waals surface area contributed by atoms with Gasteiger partial charge in [-0.15, -0.1) is 11.3 Å². The van der Waals surface area contributed by atoms with Crippen LogP contribution in [0.2, 0.25) is 0 Å². The number of pyridine rings is 1. The molecular weight excluding hydrogens is 392 g/mol. The normalized spacial score (nSPS) is 16.7. The lowest BCUT2D eigenvalue weighted by atomic mass is 10.0. The summed E-state index contributed by atoms with van der Waals surface area (Å²) in [5.41, 5.74) is 1.80. The van der Waals surface area contributed by atoms with Crippen LogP contribution < -0.4 is 5.32 Å². The zero-order valence-corrected chi connectivity index (χ0v) is 16.6. The lowest BCUT2D eigenvalue weighted by molar-refractivity contribution is -0.143. The van der Waals surface area contributed by atoms with Gasteiger partial charge in [0.15, 0.2) is 5.13 Å². The third-order valence-electron chi connectivity index (χ3n) is 4.65. The Hall–Kier alpha value is -2.88. The number of methoxy groups -OCH3 is 1. The molecule has 8 nitrogen and oxygen atoms in total. The molecule has 0 radical (unpaired) electrons. The van der Waals surface area contributed by atoms with Gasteiger partial charge in [0.2, 0.25) is 5.91 Å². The highest BCUT2D eigenvalue weighted by Crippen LogP contribution is 2.27. The summed E-state index contributed by atoms with van der Waals surface area (Å²) in [6.45, 7) is 1.29. The molecule has 1 N–H and O–H groups in total. The molecule has 0 saturated carbocycles. The van der Waals surface area contributed by atoms with E-state index in [-0.39, 0.29) is 18.4 Å². The molecular formula is C20H20N4O4S. The second-order valence-corrected chi connectivity index (χ2v) is 7.43. The number of aromatic nitrogens is 2. The van der Waals surface area contributed by atoms with Gasteiger partial charge in [-0.05, 0) is 12.1 Å². The van der Waals surface area contributed by atoms with E-state index in [2.05, 4.69) is 10.3 Å². The van der Waals surface area contributed by atoms with Crippen molar-refractivity contribution in [1.29, 1.82) is 0 Å². The van der Waals surface area contributed by atoms with Crippen LogP contribution in [0.15, 0.2) is 41.9 Å². The highest BCUT2D eigenvalue weighted by atomic mass is 32.1. The number of carbonyl (C=O) groups is 2. The number of hydrogen-bond acceptors (Lipinski definition) is 7. The first kappa shape index (κ1) is 19.4. The number of morpholine rings is 1. The SMILES string of the molecule is COCC(=O)N1CCO[C@H](c2cc(C(=O)Nc3nccs3)c3ccccc3n2)C1. The van der Waals surface area contributed by atoms with E-state index in [0.29, 0.717) is 41.6 Å². The van der Waals surface area contributed by atoms with Crippen molar-refractivity contribution >= 4 is 39.2 Å². The van der Waals surface area contributed by atoms with E-state index in [1.807, 2.05) is 24.3 Å². The summed E-state index contributed by atoms with van der Waals surface area (Å²) in [5, 5.41) is 5.90. The maximum absolute atomic E-state index is 12.9. The maximum atomic E-state index is 12.9. The molecule has 29 heavy (non-hydrogen) atoms. The van der Waals surface area contributed by atoms with Crippen molar-refractivity contribution in [3.8, 4) is 0 Å². The van der Waals surface area contributed by atoms with E-state index in [9.17, 15) is 9.59 Å². The molecule has 0 bridgehead atoms. The number of thiazole rings is 1. The van der Waals surface area contributed by atoms with Crippen molar-refractivity contribution in [1.82, 2.24) is 14.9 Å². The van der Waals surface area contributed by atoms with Crippen LogP contribution in [-0.4, -0.2) is 60.1 Å². The van der Waals surface area contributed by atoms with Gasteiger partial charge in [-0.3, -0.25) is 14.9 Å². The van der Waals surface area contributed by atoms with Crippen molar-refractivity contribution in [2.75, 3.05) is 38.7 Å². The molecule has 1 atom stereocenters. The van der Waals surface area contributed by atoms with Crippen LogP contribution in [0.25, 0.3) is 10.9 Å². The predicted molar refractivity (Wildman–Crippen MR) is 109 cm³/mol. The van der Waals surface area contributed by atoms with E-state index in [1.54, 1.807) is 22.5 Å². The van der Waals surface area contributed by atoms with Gasteiger partial charge >= 0.3 is 0 Å². The third-order valence-corrected chi connectivity index (χ3v) is 5.34. The number of para-hydroxylation sites is 1. The number of fused-ring (bicyclic) bond motifs is 1. The lowest BCUT2D eigenvalue weighted by Crippen LogP contribution is -2.44. The highest BCUT2D eigenvalue weighted by Gasteiger charge is 2.27. The van der Waals surface area contributed by atoms with Gasteiger partial charge in [0.05, 0.1) is 29.9 Å². The van der Waals surface area contributed by atoms with Gasteiger partial charge in [0.25, 0.3) is 5.91 Å². The van der Waals surface area contributed by atoms with Crippen molar-refractivity contribution in [3.63, 3.8) is 0 Å². The van der Waals surface area contributed by atoms with Crippen LogP contribution >= 0.6 is 11.3 Å². The molecule has 1 fully saturated rings. The number of nitrogens with one attached hydrogen (secondary N) is 1. The second kappa shape index (κ2) is 8.64. The van der Waals surface area contributed by atoms with Crippen LogP contribution in [0.4, 0.5) is 5.13 Å². The molecule has 4 rings (SSSR count). The highest BCUT2D eigenvalue weighted by molar-refractivity contribution is 7.13. The van der Waals surface area contributed by atoms with Gasteiger partial charge < -0.3 is 14.4 Å². The van der Waals surface area contributed by atoms with Gasteiger partial charge in [0, 0.05) is 30.6 Å². The topological polar surface area (TPSA) is 93.6 Å². The molecule has 9 heteroatoms. The summed E-state index contributed by atoms with van der Waals surface area (Å²) in [7, 11) is 1.49. The van der Waals surface area contributed by atoms with Crippen molar-refractivity contribution in [2.24, 2.45) is 0 Å². The van der Waals surface area contributed by atoms with E-state index in [4.69, 9.17) is 14.5 Å². The number of anilines is 1. The summed E-state index contributed by atoms with van der Waals surface area (Å²) >= 11 is 1.35. The van der Waals surface area contributed by atoms with Crippen molar-refractivity contribution in [3.05, 3.63) is 53.2 Å². The fraction of sp³-hybridized carbons (Fsp3) is 0.300. The van der Waals surface area contributed by atoms with E-state index in [0.717, 1.165) is 5.39 Å². The van der Waals surface area contributed by atoms with Gasteiger partial charge in [-0.2, -0.15) is 0 Å². The maximum Gasteiger partial charge on any atom is 0.258 e. The number of amides is 2. The number of nitrogens with zero attached hydrogens (tertiary/aromatic N) is 3. The first-order valence-electron chi connectivity index (χ1n) is 9.14. The number of ether oxygens (including phenoxy) is 2. The Morgan fingerprint density at radius 2 is 2.24 bits per heavy atom. The zero-order chi connectivity index (χ0) is 20.2. The van der Waals surface area contributed by atoms with Gasteiger partial charge in [-0.1, -0.05) is 18.2 Å². The van der Waals surface area contributed by atoms with Gasteiger partial charge in [0.1, 0.15) is 12.7 Å². The lowest BCUT2D eigenvalue weighted by Gasteiger charge is -2.32. The minimum Gasteiger partial charge on any atom is -0.375 e. The summed E-state index contributed by atoms with van der Waals surface area (Å²) < 4.78 is 10.8. The minimum absolute atomic E-state index is 0.0271. The van der Waals surface area contributed by atoms with E-state index < -0.39 is 6.10 Å². The molecule has 1 aromatic carbocycles. The average molecular weight is 412 g/mol. The predicted octanol–water partition coefficient (Wildman–Crippen LogP) is 2.49. The van der Waals surface area contributed by atoms with Crippen LogP contribution in [0.5, 0.6) is 0 Å². The third kappa shape index (κ3) is 4.26. The van der Waals surface area contributed by atoms with Crippen LogP contribution in [0.3, 0.4) is 0 Å². The molecule has 3 aromatic rings. The zero-order valence-electron chi connectivity index (χ0n) is 15.8. The van der Waals surface area contributed by atoms with Crippen molar-refractivity contribution < 1.29 is 19.1 Å². The molecule has 2 amide bonds. The monoisotopic (exact) mass is 412 g/mol. The molecule has 1 aliphatic rings. The summed E-state index contributed by atoms with van der Waals surface area (Å²) in [6.07, 6.45) is 1.22. The first-order chi connectivity index (χ1) is 14.2. The fourth-order valence-electron chi connectivity index (χ4n) is 3.27. The fourth-order valence-corrected chi connectivity index (χ4v) is 3.79. The Morgan fingerprint density at radius 3 is 3.03 bits per heavy atom. The van der Waals surface area contributed by atoms with Crippen LogP contribution in [-0.2, 0) is 14.3 Å². The largest absolute Gasteiger partial charge is 0.375 e. The molecule has 0 spiro atoms. The van der Waals surface area contributed by atoms with Gasteiger partial charge in [-0.25, -0.2) is 9.97 Å². The minimum atomic E-state index is -0.416. The van der Waals surface area contributed by atoms with Crippen LogP contribution in [0.1, 0.15) is 22.2 Å². The molecule has 3 heterocycles. The molecule has 2 aromatic heterocycles.